The molecule has 0 aliphatic heterocycles. The van der Waals surface area contributed by atoms with Crippen LogP contribution >= 0.6 is 0 Å². The molecule has 0 fully saturated rings. The molecule has 1 amide bonds. The zero-order valence-electron chi connectivity index (χ0n) is 18.3. The van der Waals surface area contributed by atoms with Crippen LogP contribution in [-0.2, 0) is 9.53 Å². The Morgan fingerprint density at radius 2 is 1.69 bits per heavy atom. The average Bonchev–Trinajstić information content (AvgIpc) is 2.69. The summed E-state index contributed by atoms with van der Waals surface area (Å²) in [5, 5.41) is 12.4. The number of aromatic nitrogens is 1. The van der Waals surface area contributed by atoms with Crippen LogP contribution in [0.4, 0.5) is 13.2 Å². The van der Waals surface area contributed by atoms with Gasteiger partial charge in [0.05, 0.1) is 7.11 Å². The summed E-state index contributed by atoms with van der Waals surface area (Å²) in [7, 11) is 1.30. The van der Waals surface area contributed by atoms with Crippen molar-refractivity contribution in [2.75, 3.05) is 7.11 Å². The first-order valence-electron chi connectivity index (χ1n) is 9.85. The van der Waals surface area contributed by atoms with E-state index in [9.17, 15) is 27.9 Å². The van der Waals surface area contributed by atoms with E-state index in [1.807, 2.05) is 0 Å². The minimum Gasteiger partial charge on any atom is -0.503 e. The smallest absolute Gasteiger partial charge is 0.328 e. The van der Waals surface area contributed by atoms with Crippen molar-refractivity contribution in [1.29, 1.82) is 0 Å². The normalized spacial score (nSPS) is 13.9. The van der Waals surface area contributed by atoms with Crippen LogP contribution < -0.4 is 10.1 Å². The van der Waals surface area contributed by atoms with Crippen molar-refractivity contribution in [3.05, 3.63) is 53.1 Å². The molecule has 0 unspecified atom stereocenters. The van der Waals surface area contributed by atoms with Gasteiger partial charge in [0.25, 0.3) is 5.91 Å². The van der Waals surface area contributed by atoms with E-state index in [2.05, 4.69) is 10.3 Å². The van der Waals surface area contributed by atoms with Gasteiger partial charge in [-0.05, 0) is 19.8 Å². The minimum absolute atomic E-state index is 0.0251. The fourth-order valence-corrected chi connectivity index (χ4v) is 3.43. The number of carbonyl (C=O) groups is 2. The van der Waals surface area contributed by atoms with Crippen LogP contribution in [0.3, 0.4) is 0 Å². The summed E-state index contributed by atoms with van der Waals surface area (Å²) in [5.74, 6) is -6.68. The van der Waals surface area contributed by atoms with Crippen molar-refractivity contribution in [2.24, 2.45) is 5.92 Å². The van der Waals surface area contributed by atoms with Crippen LogP contribution in [0.25, 0.3) is 0 Å². The lowest BCUT2D eigenvalue weighted by atomic mass is 9.83. The molecular formula is C22H25F3N2O5. The predicted molar refractivity (Wildman–Crippen MR) is 109 cm³/mol. The first-order valence-corrected chi connectivity index (χ1v) is 9.85. The van der Waals surface area contributed by atoms with Gasteiger partial charge in [-0.3, -0.25) is 4.79 Å². The second-order valence-corrected chi connectivity index (χ2v) is 7.60. The lowest BCUT2D eigenvalue weighted by Crippen LogP contribution is -2.42. The van der Waals surface area contributed by atoms with E-state index in [4.69, 9.17) is 9.47 Å². The molecule has 2 rings (SSSR count). The summed E-state index contributed by atoms with van der Waals surface area (Å²) in [6, 6.07) is 1.32. The Kier molecular flexibility index (Phi) is 8.07. The van der Waals surface area contributed by atoms with E-state index in [-0.39, 0.29) is 22.9 Å². The molecule has 2 N–H and O–H groups in total. The van der Waals surface area contributed by atoms with Crippen molar-refractivity contribution in [2.45, 2.75) is 45.8 Å². The number of hydrogen-bond acceptors (Lipinski definition) is 6. The van der Waals surface area contributed by atoms with Gasteiger partial charge in [-0.1, -0.05) is 13.8 Å². The molecule has 0 radical (unpaired) electrons. The maximum atomic E-state index is 14.3. The maximum absolute atomic E-state index is 14.3. The molecule has 174 valence electrons. The molecule has 0 bridgehead atoms. The number of nitrogens with one attached hydrogen (secondary N) is 1. The molecule has 3 atom stereocenters. The van der Waals surface area contributed by atoms with Gasteiger partial charge in [0.1, 0.15) is 29.6 Å². The summed E-state index contributed by atoms with van der Waals surface area (Å²) < 4.78 is 52.2. The van der Waals surface area contributed by atoms with E-state index >= 15 is 0 Å². The lowest BCUT2D eigenvalue weighted by molar-refractivity contribution is -0.151. The van der Waals surface area contributed by atoms with Crippen LogP contribution in [0.15, 0.2) is 24.4 Å². The number of rotatable bonds is 8. The molecule has 0 spiro atoms. The molecule has 0 aliphatic rings. The van der Waals surface area contributed by atoms with Crippen molar-refractivity contribution in [3.63, 3.8) is 0 Å². The largest absolute Gasteiger partial charge is 0.503 e. The highest BCUT2D eigenvalue weighted by molar-refractivity contribution is 5.97. The van der Waals surface area contributed by atoms with Crippen LogP contribution in [-0.4, -0.2) is 41.2 Å². The van der Waals surface area contributed by atoms with Crippen LogP contribution in [0.5, 0.6) is 11.5 Å². The van der Waals surface area contributed by atoms with Crippen molar-refractivity contribution >= 4 is 11.9 Å². The zero-order chi connectivity index (χ0) is 24.2. The minimum atomic E-state index is -1.17. The second-order valence-electron chi connectivity index (χ2n) is 7.60. The molecule has 0 saturated carbocycles. The number of amides is 1. The Morgan fingerprint density at radius 3 is 2.22 bits per heavy atom. The molecule has 32 heavy (non-hydrogen) atoms. The molecule has 0 saturated heterocycles. The maximum Gasteiger partial charge on any atom is 0.328 e. The third kappa shape index (κ3) is 5.49. The van der Waals surface area contributed by atoms with Gasteiger partial charge in [0.15, 0.2) is 17.2 Å². The molecule has 7 nitrogen and oxygen atoms in total. The average molecular weight is 454 g/mol. The van der Waals surface area contributed by atoms with Crippen molar-refractivity contribution in [3.8, 4) is 11.5 Å². The third-order valence-electron chi connectivity index (χ3n) is 4.93. The molecule has 10 heteroatoms. The first kappa shape index (κ1) is 25.0. The van der Waals surface area contributed by atoms with Gasteiger partial charge in [0, 0.05) is 35.9 Å². The lowest BCUT2D eigenvalue weighted by Gasteiger charge is -2.29. The zero-order valence-corrected chi connectivity index (χ0v) is 18.3. The molecule has 1 heterocycles. The SMILES string of the molecule is COc1ccnc(C(=O)N[C@@H](C)C(=O)O[C@@H](C)[C@H](c2c(F)cc(F)cc2F)C(C)C)c1O. The van der Waals surface area contributed by atoms with E-state index in [1.54, 1.807) is 13.8 Å². The van der Waals surface area contributed by atoms with Gasteiger partial charge in [-0.25, -0.2) is 22.9 Å². The van der Waals surface area contributed by atoms with Crippen LogP contribution in [0, 0.1) is 23.4 Å². The molecule has 2 aromatic rings. The fraction of sp³-hybridized carbons (Fsp3) is 0.409. The monoisotopic (exact) mass is 454 g/mol. The predicted octanol–water partition coefficient (Wildman–Crippen LogP) is 3.70. The Balaban J connectivity index is 2.15. The summed E-state index contributed by atoms with van der Waals surface area (Å²) >= 11 is 0. The number of esters is 1. The van der Waals surface area contributed by atoms with Gasteiger partial charge in [-0.2, -0.15) is 0 Å². The Morgan fingerprint density at radius 1 is 1.09 bits per heavy atom. The number of methoxy groups -OCH3 is 1. The topological polar surface area (TPSA) is 97.8 Å². The van der Waals surface area contributed by atoms with Crippen LogP contribution in [0.1, 0.15) is 49.7 Å². The first-order chi connectivity index (χ1) is 15.0. The number of nitrogens with zero attached hydrogens (tertiary/aromatic N) is 1. The van der Waals surface area contributed by atoms with Gasteiger partial charge in [0.2, 0.25) is 0 Å². The van der Waals surface area contributed by atoms with Gasteiger partial charge < -0.3 is 19.9 Å². The Labute approximate surface area is 183 Å². The highest BCUT2D eigenvalue weighted by Gasteiger charge is 2.33. The number of carbonyl (C=O) groups excluding carboxylic acids is 2. The number of aromatic hydroxyl groups is 1. The summed E-state index contributed by atoms with van der Waals surface area (Å²) in [6.45, 7) is 6.15. The van der Waals surface area contributed by atoms with Crippen molar-refractivity contribution < 1.29 is 37.3 Å². The standard InChI is InChI=1S/C22H25F3N2O5/c1-10(2)17(18-14(24)8-13(23)9-15(18)25)12(4)32-22(30)11(3)27-21(29)19-20(28)16(31-5)6-7-26-19/h6-12,17,28H,1-5H3,(H,27,29)/t11-,12-,17+/m0/s1. The highest BCUT2D eigenvalue weighted by Crippen LogP contribution is 2.34. The summed E-state index contributed by atoms with van der Waals surface area (Å²) in [4.78, 5) is 28.7. The van der Waals surface area contributed by atoms with Gasteiger partial charge in [-0.15, -0.1) is 0 Å². The van der Waals surface area contributed by atoms with E-state index < -0.39 is 53.1 Å². The second kappa shape index (κ2) is 10.3. The fourth-order valence-electron chi connectivity index (χ4n) is 3.43. The van der Waals surface area contributed by atoms with Crippen molar-refractivity contribution in [1.82, 2.24) is 10.3 Å². The third-order valence-corrected chi connectivity index (χ3v) is 4.93. The van der Waals surface area contributed by atoms with E-state index in [0.717, 1.165) is 0 Å². The quantitative estimate of drug-likeness (QED) is 0.591. The number of pyridine rings is 1. The Bertz CT molecular complexity index is 977. The highest BCUT2D eigenvalue weighted by atomic mass is 19.1. The summed E-state index contributed by atoms with van der Waals surface area (Å²) in [5.41, 5.74) is -0.739. The Hall–Kier alpha value is -3.30. The number of halogens is 3. The summed E-state index contributed by atoms with van der Waals surface area (Å²) in [6.07, 6.45) is 0.247. The molecule has 1 aromatic carbocycles. The van der Waals surface area contributed by atoms with Gasteiger partial charge >= 0.3 is 5.97 Å². The molecule has 0 aliphatic carbocycles. The molecular weight excluding hydrogens is 429 g/mol. The number of benzene rings is 1. The number of hydrogen-bond donors (Lipinski definition) is 2. The van der Waals surface area contributed by atoms with Crippen LogP contribution in [0.2, 0.25) is 0 Å². The van der Waals surface area contributed by atoms with E-state index in [1.165, 1.54) is 33.2 Å². The van der Waals surface area contributed by atoms with E-state index in [0.29, 0.717) is 12.1 Å². The molecule has 1 aromatic heterocycles. The number of ether oxygens (including phenoxy) is 2.